The Balaban J connectivity index is 1.52. The molecule has 0 atom stereocenters. The zero-order valence-electron chi connectivity index (χ0n) is 16.5. The van der Waals surface area contributed by atoms with Crippen LogP contribution in [0.1, 0.15) is 11.1 Å². The predicted octanol–water partition coefficient (Wildman–Crippen LogP) is 7.46. The molecule has 4 aromatic rings. The van der Waals surface area contributed by atoms with E-state index in [1.54, 1.807) is 7.11 Å². The maximum absolute atomic E-state index is 6.24. The van der Waals surface area contributed by atoms with Crippen LogP contribution in [0.15, 0.2) is 83.3 Å². The number of methoxy groups -OCH3 is 1. The third kappa shape index (κ3) is 4.55. The minimum absolute atomic E-state index is 0.363. The summed E-state index contributed by atoms with van der Waals surface area (Å²) >= 11 is 9.87. The van der Waals surface area contributed by atoms with Crippen LogP contribution in [0.3, 0.4) is 0 Å². The second kappa shape index (κ2) is 9.41. The average molecular weight is 483 g/mol. The molecule has 0 saturated heterocycles. The highest BCUT2D eigenvalue weighted by Crippen LogP contribution is 2.38. The van der Waals surface area contributed by atoms with Gasteiger partial charge in [-0.2, -0.15) is 0 Å². The van der Waals surface area contributed by atoms with Crippen molar-refractivity contribution in [2.24, 2.45) is 0 Å². The number of halogens is 2. The number of ether oxygens (including phenoxy) is 2. The molecule has 5 heteroatoms. The first kappa shape index (κ1) is 20.6. The molecule has 4 aromatic carbocycles. The van der Waals surface area contributed by atoms with E-state index in [1.165, 1.54) is 10.8 Å². The third-order valence-corrected chi connectivity index (χ3v) is 5.85. The molecule has 0 bridgehead atoms. The number of rotatable bonds is 7. The normalized spacial score (nSPS) is 10.8. The lowest BCUT2D eigenvalue weighted by Gasteiger charge is -2.16. The number of anilines is 1. The van der Waals surface area contributed by atoms with Crippen molar-refractivity contribution in [2.75, 3.05) is 12.4 Å². The Morgan fingerprint density at radius 3 is 2.53 bits per heavy atom. The summed E-state index contributed by atoms with van der Waals surface area (Å²) in [5.41, 5.74) is 3.11. The van der Waals surface area contributed by atoms with Crippen LogP contribution < -0.4 is 14.8 Å². The molecule has 3 nitrogen and oxygen atoms in total. The van der Waals surface area contributed by atoms with Gasteiger partial charge in [0.2, 0.25) is 0 Å². The summed E-state index contributed by atoms with van der Waals surface area (Å²) in [5.74, 6) is 1.33. The van der Waals surface area contributed by atoms with E-state index < -0.39 is 0 Å². The number of benzene rings is 4. The van der Waals surface area contributed by atoms with Gasteiger partial charge in [-0.3, -0.25) is 0 Å². The standard InChI is InChI=1S/C25H21BrClNO2/c1-29-24-14-17(15-28-23-12-6-9-18-7-2-4-10-20(18)23)13-21(26)25(24)30-16-19-8-3-5-11-22(19)27/h2-14,28H,15-16H2,1H3. The first-order valence-electron chi connectivity index (χ1n) is 9.60. The van der Waals surface area contributed by atoms with Gasteiger partial charge in [-0.15, -0.1) is 0 Å². The lowest BCUT2D eigenvalue weighted by atomic mass is 10.1. The van der Waals surface area contributed by atoms with Crippen LogP contribution in [0.5, 0.6) is 11.5 Å². The van der Waals surface area contributed by atoms with Crippen molar-refractivity contribution in [1.82, 2.24) is 0 Å². The Labute approximate surface area is 189 Å². The van der Waals surface area contributed by atoms with Crippen molar-refractivity contribution in [3.8, 4) is 11.5 Å². The fourth-order valence-corrected chi connectivity index (χ4v) is 4.15. The fraction of sp³-hybridized carbons (Fsp3) is 0.120. The van der Waals surface area contributed by atoms with Gasteiger partial charge in [-0.1, -0.05) is 66.2 Å². The monoisotopic (exact) mass is 481 g/mol. The molecule has 4 rings (SSSR count). The minimum Gasteiger partial charge on any atom is -0.493 e. The summed E-state index contributed by atoms with van der Waals surface area (Å²) in [6.07, 6.45) is 0. The van der Waals surface area contributed by atoms with Crippen LogP contribution in [0.25, 0.3) is 10.8 Å². The summed E-state index contributed by atoms with van der Waals surface area (Å²) in [7, 11) is 1.64. The molecular formula is C25H21BrClNO2. The van der Waals surface area contributed by atoms with E-state index >= 15 is 0 Å². The van der Waals surface area contributed by atoms with Gasteiger partial charge in [-0.25, -0.2) is 0 Å². The van der Waals surface area contributed by atoms with Gasteiger partial charge in [0.25, 0.3) is 0 Å². The van der Waals surface area contributed by atoms with Crippen molar-refractivity contribution in [3.05, 3.63) is 99.5 Å². The molecule has 0 unspecified atom stereocenters. The molecule has 1 N–H and O–H groups in total. The van der Waals surface area contributed by atoms with Crippen LogP contribution in [-0.4, -0.2) is 7.11 Å². The fourth-order valence-electron chi connectivity index (χ4n) is 3.36. The van der Waals surface area contributed by atoms with Crippen molar-refractivity contribution in [3.63, 3.8) is 0 Å². The van der Waals surface area contributed by atoms with E-state index in [0.29, 0.717) is 29.7 Å². The van der Waals surface area contributed by atoms with Gasteiger partial charge in [-0.05, 0) is 51.1 Å². The number of hydrogen-bond acceptors (Lipinski definition) is 3. The SMILES string of the molecule is COc1cc(CNc2cccc3ccccc23)cc(Br)c1OCc1ccccc1Cl. The first-order valence-corrected chi connectivity index (χ1v) is 10.8. The van der Waals surface area contributed by atoms with E-state index in [0.717, 1.165) is 21.3 Å². The molecule has 30 heavy (non-hydrogen) atoms. The number of fused-ring (bicyclic) bond motifs is 1. The number of hydrogen-bond donors (Lipinski definition) is 1. The quantitative estimate of drug-likeness (QED) is 0.296. The molecule has 0 aliphatic rings. The van der Waals surface area contributed by atoms with Crippen LogP contribution in [-0.2, 0) is 13.2 Å². The molecule has 0 aromatic heterocycles. The van der Waals surface area contributed by atoms with E-state index in [2.05, 4.69) is 63.7 Å². The van der Waals surface area contributed by atoms with Crippen LogP contribution in [0.4, 0.5) is 5.69 Å². The Morgan fingerprint density at radius 2 is 1.70 bits per heavy atom. The Kier molecular flexibility index (Phi) is 6.46. The second-order valence-electron chi connectivity index (χ2n) is 6.87. The van der Waals surface area contributed by atoms with Gasteiger partial charge in [0.1, 0.15) is 6.61 Å². The maximum Gasteiger partial charge on any atom is 0.175 e. The molecule has 0 fully saturated rings. The van der Waals surface area contributed by atoms with E-state index in [9.17, 15) is 0 Å². The van der Waals surface area contributed by atoms with E-state index in [1.807, 2.05) is 36.4 Å². The highest BCUT2D eigenvalue weighted by Gasteiger charge is 2.13. The smallest absolute Gasteiger partial charge is 0.175 e. The van der Waals surface area contributed by atoms with Crippen molar-refractivity contribution < 1.29 is 9.47 Å². The van der Waals surface area contributed by atoms with Gasteiger partial charge in [0, 0.05) is 28.2 Å². The Bertz CT molecular complexity index is 1170. The van der Waals surface area contributed by atoms with Gasteiger partial charge in [0.05, 0.1) is 11.6 Å². The average Bonchev–Trinajstić information content (AvgIpc) is 2.77. The second-order valence-corrected chi connectivity index (χ2v) is 8.13. The highest BCUT2D eigenvalue weighted by molar-refractivity contribution is 9.10. The summed E-state index contributed by atoms with van der Waals surface area (Å²) in [6, 6.07) is 26.3. The van der Waals surface area contributed by atoms with Crippen molar-refractivity contribution in [1.29, 1.82) is 0 Å². The predicted molar refractivity (Wildman–Crippen MR) is 128 cm³/mol. The topological polar surface area (TPSA) is 30.5 Å². The van der Waals surface area contributed by atoms with E-state index in [-0.39, 0.29) is 0 Å². The Hall–Kier alpha value is -2.69. The van der Waals surface area contributed by atoms with Gasteiger partial charge < -0.3 is 14.8 Å². The zero-order chi connectivity index (χ0) is 20.9. The summed E-state index contributed by atoms with van der Waals surface area (Å²) in [6.45, 7) is 1.02. The summed E-state index contributed by atoms with van der Waals surface area (Å²) in [5, 5.41) is 6.63. The van der Waals surface area contributed by atoms with Gasteiger partial charge >= 0.3 is 0 Å². The van der Waals surface area contributed by atoms with Crippen LogP contribution >= 0.6 is 27.5 Å². The highest BCUT2D eigenvalue weighted by atomic mass is 79.9. The molecule has 0 aliphatic heterocycles. The lowest BCUT2D eigenvalue weighted by molar-refractivity contribution is 0.282. The summed E-state index contributed by atoms with van der Waals surface area (Å²) < 4.78 is 12.5. The molecule has 0 amide bonds. The van der Waals surface area contributed by atoms with Gasteiger partial charge in [0.15, 0.2) is 11.5 Å². The lowest BCUT2D eigenvalue weighted by Crippen LogP contribution is -2.03. The number of nitrogens with one attached hydrogen (secondary N) is 1. The van der Waals surface area contributed by atoms with E-state index in [4.69, 9.17) is 21.1 Å². The Morgan fingerprint density at radius 1 is 0.933 bits per heavy atom. The molecular weight excluding hydrogens is 462 g/mol. The maximum atomic E-state index is 6.24. The summed E-state index contributed by atoms with van der Waals surface area (Å²) in [4.78, 5) is 0. The van der Waals surface area contributed by atoms with Crippen LogP contribution in [0, 0.1) is 0 Å². The molecule has 0 heterocycles. The molecule has 0 radical (unpaired) electrons. The van der Waals surface area contributed by atoms with Crippen molar-refractivity contribution in [2.45, 2.75) is 13.2 Å². The third-order valence-electron chi connectivity index (χ3n) is 4.89. The molecule has 0 spiro atoms. The minimum atomic E-state index is 0.363. The molecule has 0 aliphatic carbocycles. The van der Waals surface area contributed by atoms with Crippen LogP contribution in [0.2, 0.25) is 5.02 Å². The zero-order valence-corrected chi connectivity index (χ0v) is 18.8. The largest absolute Gasteiger partial charge is 0.493 e. The molecule has 0 saturated carbocycles. The molecule has 152 valence electrons. The van der Waals surface area contributed by atoms with Crippen molar-refractivity contribution >= 4 is 44.0 Å². The first-order chi connectivity index (χ1) is 14.7.